The summed E-state index contributed by atoms with van der Waals surface area (Å²) in [6.45, 7) is 3.92. The number of likely N-dealkylation sites (tertiary alicyclic amines) is 3. The number of nitrogens with zero attached hydrogens (tertiary/aromatic N) is 3. The molecule has 4 rings (SSSR count). The van der Waals surface area contributed by atoms with Gasteiger partial charge in [0.15, 0.2) is 0 Å². The lowest BCUT2D eigenvalue weighted by Crippen LogP contribution is -2.51. The quantitative estimate of drug-likeness (QED) is 0.696. The molecule has 3 saturated heterocycles. The minimum absolute atomic E-state index is 0.0485. The average molecular weight is 429 g/mol. The van der Waals surface area contributed by atoms with Crippen LogP contribution < -0.4 is 5.32 Å². The molecule has 31 heavy (non-hydrogen) atoms. The molecule has 0 radical (unpaired) electrons. The Balaban J connectivity index is 1.20. The van der Waals surface area contributed by atoms with Gasteiger partial charge in [-0.15, -0.1) is 0 Å². The Bertz CT molecular complexity index is 804. The maximum Gasteiger partial charge on any atom is 0.236 e. The maximum atomic E-state index is 12.8. The number of amides is 3. The highest BCUT2D eigenvalue weighted by Crippen LogP contribution is 2.23. The van der Waals surface area contributed by atoms with Gasteiger partial charge < -0.3 is 20.2 Å². The Labute approximate surface area is 183 Å². The number of carbonyl (C=O) groups excluding carboxylic acids is 3. The number of hydrogen-bond donors (Lipinski definition) is 2. The summed E-state index contributed by atoms with van der Waals surface area (Å²) in [6.07, 6.45) is 5.19. The van der Waals surface area contributed by atoms with Crippen LogP contribution in [0.2, 0.25) is 0 Å². The smallest absolute Gasteiger partial charge is 0.236 e. The number of benzene rings is 1. The van der Waals surface area contributed by atoms with Crippen LogP contribution in [-0.2, 0) is 14.4 Å². The van der Waals surface area contributed by atoms with Crippen molar-refractivity contribution in [1.82, 2.24) is 14.7 Å². The largest absolute Gasteiger partial charge is 0.508 e. The summed E-state index contributed by atoms with van der Waals surface area (Å²) in [4.78, 5) is 43.4. The molecule has 0 saturated carbocycles. The molecule has 0 spiro atoms. The van der Waals surface area contributed by atoms with Crippen LogP contribution in [0.1, 0.15) is 38.5 Å². The zero-order valence-corrected chi connectivity index (χ0v) is 18.0. The van der Waals surface area contributed by atoms with Crippen LogP contribution in [0.5, 0.6) is 5.75 Å². The highest BCUT2D eigenvalue weighted by atomic mass is 16.3. The molecule has 3 aliphatic heterocycles. The first-order valence-corrected chi connectivity index (χ1v) is 11.4. The minimum Gasteiger partial charge on any atom is -0.508 e. The molecule has 1 atom stereocenters. The van der Waals surface area contributed by atoms with Gasteiger partial charge in [-0.3, -0.25) is 19.3 Å². The standard InChI is InChI=1S/C23H32N4O4/c28-20-6-4-18(5-7-20)24-23(31)17-8-12-25(15-17)16-22(30)26-13-9-19(10-14-26)27-11-2-1-3-21(27)29/h4-7,17,19,28H,1-3,8-16H2,(H,24,31). The fourth-order valence-electron chi connectivity index (χ4n) is 4.91. The summed E-state index contributed by atoms with van der Waals surface area (Å²) in [5.41, 5.74) is 0.660. The SMILES string of the molecule is O=C(Nc1ccc(O)cc1)C1CCN(CC(=O)N2CCC(N3CCCCC3=O)CC2)C1. The molecule has 168 valence electrons. The average Bonchev–Trinajstić information content (AvgIpc) is 3.24. The third kappa shape index (κ3) is 5.36. The molecule has 1 aromatic carbocycles. The van der Waals surface area contributed by atoms with E-state index in [9.17, 15) is 19.5 Å². The van der Waals surface area contributed by atoms with E-state index in [0.717, 1.165) is 45.2 Å². The van der Waals surface area contributed by atoms with Crippen LogP contribution in [0.25, 0.3) is 0 Å². The van der Waals surface area contributed by atoms with Crippen molar-refractivity contribution in [3.63, 3.8) is 0 Å². The molecule has 3 aliphatic rings. The number of aromatic hydroxyl groups is 1. The Morgan fingerprint density at radius 3 is 2.45 bits per heavy atom. The van der Waals surface area contributed by atoms with Gasteiger partial charge in [0.25, 0.3) is 0 Å². The molecule has 1 unspecified atom stereocenters. The number of phenols is 1. The zero-order chi connectivity index (χ0) is 21.8. The summed E-state index contributed by atoms with van der Waals surface area (Å²) in [7, 11) is 0. The van der Waals surface area contributed by atoms with Crippen LogP contribution >= 0.6 is 0 Å². The van der Waals surface area contributed by atoms with Gasteiger partial charge in [0, 0.05) is 44.3 Å². The van der Waals surface area contributed by atoms with Crippen molar-refractivity contribution in [1.29, 1.82) is 0 Å². The van der Waals surface area contributed by atoms with Crippen molar-refractivity contribution in [3.8, 4) is 5.75 Å². The zero-order valence-electron chi connectivity index (χ0n) is 18.0. The number of hydrogen-bond acceptors (Lipinski definition) is 5. The number of rotatable bonds is 5. The van der Waals surface area contributed by atoms with Gasteiger partial charge in [0.1, 0.15) is 5.75 Å². The number of piperidine rings is 2. The van der Waals surface area contributed by atoms with Crippen LogP contribution in [0.3, 0.4) is 0 Å². The first-order valence-electron chi connectivity index (χ1n) is 11.4. The second-order valence-corrected chi connectivity index (χ2v) is 8.91. The molecular formula is C23H32N4O4. The fourth-order valence-corrected chi connectivity index (χ4v) is 4.91. The van der Waals surface area contributed by atoms with E-state index >= 15 is 0 Å². The van der Waals surface area contributed by atoms with Crippen molar-refractivity contribution >= 4 is 23.4 Å². The Kier molecular flexibility index (Phi) is 6.75. The molecule has 2 N–H and O–H groups in total. The van der Waals surface area contributed by atoms with Gasteiger partial charge in [-0.2, -0.15) is 0 Å². The molecular weight excluding hydrogens is 396 g/mol. The van der Waals surface area contributed by atoms with Gasteiger partial charge in [-0.05, 0) is 62.9 Å². The summed E-state index contributed by atoms with van der Waals surface area (Å²) < 4.78 is 0. The lowest BCUT2D eigenvalue weighted by atomic mass is 9.99. The molecule has 3 amide bonds. The van der Waals surface area contributed by atoms with E-state index in [4.69, 9.17) is 0 Å². The van der Waals surface area contributed by atoms with Crippen molar-refractivity contribution in [2.45, 2.75) is 44.6 Å². The second kappa shape index (κ2) is 9.68. The molecule has 3 heterocycles. The molecule has 0 aliphatic carbocycles. The van der Waals surface area contributed by atoms with Crippen LogP contribution in [0.15, 0.2) is 24.3 Å². The number of anilines is 1. The monoisotopic (exact) mass is 428 g/mol. The summed E-state index contributed by atoms with van der Waals surface area (Å²) in [5, 5.41) is 12.2. The van der Waals surface area contributed by atoms with Crippen molar-refractivity contribution in [2.75, 3.05) is 44.6 Å². The summed E-state index contributed by atoms with van der Waals surface area (Å²) in [6, 6.07) is 6.70. The van der Waals surface area contributed by atoms with Gasteiger partial charge in [-0.1, -0.05) is 0 Å². The summed E-state index contributed by atoms with van der Waals surface area (Å²) >= 11 is 0. The van der Waals surface area contributed by atoms with E-state index in [1.807, 2.05) is 9.80 Å². The van der Waals surface area contributed by atoms with Crippen LogP contribution in [0, 0.1) is 5.92 Å². The van der Waals surface area contributed by atoms with Gasteiger partial charge in [0.2, 0.25) is 17.7 Å². The van der Waals surface area contributed by atoms with E-state index in [1.54, 1.807) is 24.3 Å². The highest BCUT2D eigenvalue weighted by Gasteiger charge is 2.33. The Morgan fingerprint density at radius 2 is 1.74 bits per heavy atom. The number of phenolic OH excluding ortho intramolecular Hbond substituents is 1. The van der Waals surface area contributed by atoms with E-state index in [1.165, 1.54) is 0 Å². The lowest BCUT2D eigenvalue weighted by molar-refractivity contribution is -0.139. The fraction of sp³-hybridized carbons (Fsp3) is 0.609. The highest BCUT2D eigenvalue weighted by molar-refractivity contribution is 5.93. The lowest BCUT2D eigenvalue weighted by Gasteiger charge is -2.40. The first kappa shape index (κ1) is 21.6. The maximum absolute atomic E-state index is 12.8. The molecule has 8 heteroatoms. The Morgan fingerprint density at radius 1 is 1.00 bits per heavy atom. The predicted octanol–water partition coefficient (Wildman–Crippen LogP) is 1.66. The van der Waals surface area contributed by atoms with Crippen LogP contribution in [0.4, 0.5) is 5.69 Å². The third-order valence-corrected chi connectivity index (χ3v) is 6.75. The predicted molar refractivity (Wildman–Crippen MR) is 116 cm³/mol. The molecule has 1 aromatic rings. The van der Waals surface area contributed by atoms with Crippen molar-refractivity contribution < 1.29 is 19.5 Å². The number of carbonyl (C=O) groups is 3. The molecule has 3 fully saturated rings. The summed E-state index contributed by atoms with van der Waals surface area (Å²) in [5.74, 6) is 0.355. The van der Waals surface area contributed by atoms with E-state index in [-0.39, 0.29) is 35.4 Å². The first-order chi connectivity index (χ1) is 15.0. The van der Waals surface area contributed by atoms with Gasteiger partial charge >= 0.3 is 0 Å². The van der Waals surface area contributed by atoms with Gasteiger partial charge in [-0.25, -0.2) is 0 Å². The normalized spacial score (nSPS) is 23.2. The second-order valence-electron chi connectivity index (χ2n) is 8.91. The third-order valence-electron chi connectivity index (χ3n) is 6.75. The van der Waals surface area contributed by atoms with Crippen molar-refractivity contribution in [2.24, 2.45) is 5.92 Å². The van der Waals surface area contributed by atoms with E-state index in [0.29, 0.717) is 38.3 Å². The Hall–Kier alpha value is -2.61. The molecule has 0 bridgehead atoms. The van der Waals surface area contributed by atoms with Gasteiger partial charge in [0.05, 0.1) is 12.5 Å². The topological polar surface area (TPSA) is 93.2 Å². The molecule has 0 aromatic heterocycles. The van der Waals surface area contributed by atoms with Crippen LogP contribution in [-0.4, -0.2) is 82.8 Å². The van der Waals surface area contributed by atoms with E-state index < -0.39 is 0 Å². The minimum atomic E-state index is -0.141. The van der Waals surface area contributed by atoms with E-state index in [2.05, 4.69) is 10.2 Å². The molecule has 8 nitrogen and oxygen atoms in total. The number of nitrogens with one attached hydrogen (secondary N) is 1. The van der Waals surface area contributed by atoms with Crippen molar-refractivity contribution in [3.05, 3.63) is 24.3 Å².